The number of hydroxylamine groups is 1. The van der Waals surface area contributed by atoms with Crippen molar-refractivity contribution < 1.29 is 24.0 Å². The van der Waals surface area contributed by atoms with Gasteiger partial charge in [-0.2, -0.15) is 0 Å². The molecule has 8 nitrogen and oxygen atoms in total. The number of aromatic nitrogens is 1. The topological polar surface area (TPSA) is 112 Å². The van der Waals surface area contributed by atoms with Crippen molar-refractivity contribution in [1.29, 1.82) is 0 Å². The number of carbonyl (C=O) groups is 3. The molecule has 10 heteroatoms. The molecule has 3 N–H and O–H groups in total. The number of fused-ring (bicyclic) bond motifs is 1. The first-order chi connectivity index (χ1) is 14.5. The molecule has 3 atom stereocenters. The maximum absolute atomic E-state index is 14.6. The maximum Gasteiger partial charge on any atom is 0.278 e. The van der Waals surface area contributed by atoms with Gasteiger partial charge in [0.05, 0.1) is 16.1 Å². The van der Waals surface area contributed by atoms with Crippen LogP contribution >= 0.6 is 11.3 Å². The Morgan fingerprint density at radius 2 is 2.13 bits per heavy atom. The fourth-order valence-corrected chi connectivity index (χ4v) is 4.56. The third kappa shape index (κ3) is 4.76. The van der Waals surface area contributed by atoms with E-state index in [9.17, 15) is 18.8 Å². The molecule has 0 aliphatic carbocycles. The highest BCUT2D eigenvalue weighted by atomic mass is 32.1. The molecule has 1 aromatic heterocycles. The predicted octanol–water partition coefficient (Wildman–Crippen LogP) is 2.88. The zero-order valence-corrected chi connectivity index (χ0v) is 17.5. The number of rotatable bonds is 8. The van der Waals surface area contributed by atoms with Crippen molar-refractivity contribution in [1.82, 2.24) is 15.4 Å². The second-order valence-corrected chi connectivity index (χ2v) is 8.32. The van der Waals surface area contributed by atoms with E-state index >= 15 is 0 Å². The summed E-state index contributed by atoms with van der Waals surface area (Å²) in [6.07, 6.45) is 0.305. The molecule has 162 valence electrons. The van der Waals surface area contributed by atoms with Crippen LogP contribution in [0.1, 0.15) is 39.0 Å². The minimum Gasteiger partial charge on any atom is -0.330 e. The van der Waals surface area contributed by atoms with Crippen LogP contribution in [0.15, 0.2) is 24.3 Å². The SMILES string of the molecule is CCCC[C@@H](C(=O)N1CCCC1C(=O)Nc1nc2ccccc2s1)[C@@H](F)C(=O)NO. The molecule has 0 saturated carbocycles. The Morgan fingerprint density at radius 3 is 2.83 bits per heavy atom. The highest BCUT2D eigenvalue weighted by molar-refractivity contribution is 7.22. The molecule has 1 fully saturated rings. The van der Waals surface area contributed by atoms with Gasteiger partial charge >= 0.3 is 0 Å². The van der Waals surface area contributed by atoms with E-state index < -0.39 is 29.9 Å². The predicted molar refractivity (Wildman–Crippen MR) is 111 cm³/mol. The van der Waals surface area contributed by atoms with Gasteiger partial charge in [0, 0.05) is 6.54 Å². The van der Waals surface area contributed by atoms with Gasteiger partial charge in [-0.05, 0) is 31.4 Å². The van der Waals surface area contributed by atoms with Crippen molar-refractivity contribution in [3.05, 3.63) is 24.3 Å². The molecule has 3 rings (SSSR count). The highest BCUT2D eigenvalue weighted by Gasteiger charge is 2.41. The smallest absolute Gasteiger partial charge is 0.278 e. The lowest BCUT2D eigenvalue weighted by atomic mass is 9.94. The Kier molecular flexibility index (Phi) is 7.33. The van der Waals surface area contributed by atoms with Crippen molar-refractivity contribution >= 4 is 44.4 Å². The number of halogens is 1. The number of hydrogen-bond donors (Lipinski definition) is 3. The fraction of sp³-hybridized carbons (Fsp3) is 0.500. The number of carbonyl (C=O) groups excluding carboxylic acids is 3. The summed E-state index contributed by atoms with van der Waals surface area (Å²) >= 11 is 1.34. The Balaban J connectivity index is 1.74. The number of nitrogens with zero attached hydrogens (tertiary/aromatic N) is 2. The lowest BCUT2D eigenvalue weighted by Gasteiger charge is -2.29. The van der Waals surface area contributed by atoms with Gasteiger partial charge in [0.15, 0.2) is 11.3 Å². The summed E-state index contributed by atoms with van der Waals surface area (Å²) < 4.78 is 15.5. The zero-order valence-electron chi connectivity index (χ0n) is 16.6. The number of likely N-dealkylation sites (tertiary alicyclic amines) is 1. The molecular weight excluding hydrogens is 411 g/mol. The number of para-hydroxylation sites is 1. The van der Waals surface area contributed by atoms with Crippen molar-refractivity contribution in [2.45, 2.75) is 51.2 Å². The van der Waals surface area contributed by atoms with Gasteiger partial charge in [-0.25, -0.2) is 14.9 Å². The summed E-state index contributed by atoms with van der Waals surface area (Å²) in [6.45, 7) is 2.21. The van der Waals surface area contributed by atoms with Gasteiger partial charge in [0.1, 0.15) is 6.04 Å². The molecule has 3 amide bonds. The average Bonchev–Trinajstić information content (AvgIpc) is 3.39. The first kappa shape index (κ1) is 22.1. The Bertz CT molecular complexity index is 888. The Hall–Kier alpha value is -2.59. The van der Waals surface area contributed by atoms with Crippen LogP contribution in [0.5, 0.6) is 0 Å². The second kappa shape index (κ2) is 9.94. The number of alkyl halides is 1. The van der Waals surface area contributed by atoms with Gasteiger partial charge in [0.2, 0.25) is 11.8 Å². The number of unbranched alkanes of at least 4 members (excludes halogenated alkanes) is 1. The average molecular weight is 437 g/mol. The van der Waals surface area contributed by atoms with Crippen LogP contribution in [0.4, 0.5) is 9.52 Å². The van der Waals surface area contributed by atoms with Gasteiger partial charge in [0.25, 0.3) is 5.91 Å². The molecule has 0 radical (unpaired) electrons. The minimum absolute atomic E-state index is 0.159. The highest BCUT2D eigenvalue weighted by Crippen LogP contribution is 2.29. The number of anilines is 1. The van der Waals surface area contributed by atoms with Crippen LogP contribution in [0.25, 0.3) is 10.2 Å². The minimum atomic E-state index is -2.18. The van der Waals surface area contributed by atoms with E-state index in [2.05, 4.69) is 10.3 Å². The molecule has 1 unspecified atom stereocenters. The zero-order chi connectivity index (χ0) is 21.7. The van der Waals surface area contributed by atoms with Gasteiger partial charge < -0.3 is 10.2 Å². The van der Waals surface area contributed by atoms with Gasteiger partial charge in [-0.3, -0.25) is 19.6 Å². The summed E-state index contributed by atoms with van der Waals surface area (Å²) in [5.74, 6) is -3.45. The standard InChI is InChI=1S/C20H25FN4O4S/c1-2-3-7-12(16(21)18(27)24-29)19(28)25-11-6-9-14(25)17(26)23-20-22-13-8-4-5-10-15(13)30-20/h4-5,8,10,12,14,16,29H,2-3,6-7,9,11H2,1H3,(H,24,27)(H,22,23,26)/t12-,14?,16-/m1/s1. The van der Waals surface area contributed by atoms with E-state index in [0.717, 1.165) is 16.6 Å². The quantitative estimate of drug-likeness (QED) is 0.435. The molecule has 2 heterocycles. The fourth-order valence-electron chi connectivity index (χ4n) is 3.69. The van der Waals surface area contributed by atoms with E-state index in [1.54, 1.807) is 0 Å². The third-order valence-electron chi connectivity index (χ3n) is 5.26. The molecular formula is C20H25FN4O4S. The van der Waals surface area contributed by atoms with Gasteiger partial charge in [-0.15, -0.1) is 0 Å². The first-order valence-electron chi connectivity index (χ1n) is 10.0. The van der Waals surface area contributed by atoms with Crippen LogP contribution in [0.2, 0.25) is 0 Å². The van der Waals surface area contributed by atoms with Gasteiger partial charge in [-0.1, -0.05) is 43.2 Å². The van der Waals surface area contributed by atoms with Crippen molar-refractivity contribution in [2.75, 3.05) is 11.9 Å². The maximum atomic E-state index is 14.6. The summed E-state index contributed by atoms with van der Waals surface area (Å²) in [5, 5.41) is 12.0. The lowest BCUT2D eigenvalue weighted by molar-refractivity contribution is -0.148. The summed E-state index contributed by atoms with van der Waals surface area (Å²) in [7, 11) is 0. The number of amides is 3. The Morgan fingerprint density at radius 1 is 1.37 bits per heavy atom. The third-order valence-corrected chi connectivity index (χ3v) is 6.21. The van der Waals surface area contributed by atoms with Crippen LogP contribution in [0, 0.1) is 5.92 Å². The first-order valence-corrected chi connectivity index (χ1v) is 10.8. The van der Waals surface area contributed by atoms with E-state index in [0.29, 0.717) is 30.9 Å². The number of nitrogens with one attached hydrogen (secondary N) is 2. The van der Waals surface area contributed by atoms with E-state index in [4.69, 9.17) is 5.21 Å². The Labute approximate surface area is 177 Å². The van der Waals surface area contributed by atoms with Crippen LogP contribution in [0.3, 0.4) is 0 Å². The molecule has 0 bridgehead atoms. The van der Waals surface area contributed by atoms with E-state index in [1.165, 1.54) is 21.7 Å². The molecule has 2 aromatic rings. The number of hydrogen-bond acceptors (Lipinski definition) is 6. The van der Waals surface area contributed by atoms with Crippen LogP contribution < -0.4 is 10.8 Å². The van der Waals surface area contributed by atoms with Crippen molar-refractivity contribution in [2.24, 2.45) is 5.92 Å². The molecule has 1 saturated heterocycles. The number of thiazole rings is 1. The molecule has 1 aliphatic heterocycles. The normalized spacial score (nSPS) is 18.2. The molecule has 0 spiro atoms. The lowest BCUT2D eigenvalue weighted by Crippen LogP contribution is -2.49. The van der Waals surface area contributed by atoms with Crippen molar-refractivity contribution in [3.63, 3.8) is 0 Å². The summed E-state index contributed by atoms with van der Waals surface area (Å²) in [5.41, 5.74) is 2.05. The summed E-state index contributed by atoms with van der Waals surface area (Å²) in [4.78, 5) is 43.2. The molecule has 30 heavy (non-hydrogen) atoms. The van der Waals surface area contributed by atoms with Crippen LogP contribution in [-0.2, 0) is 14.4 Å². The largest absolute Gasteiger partial charge is 0.330 e. The molecule has 1 aromatic carbocycles. The van der Waals surface area contributed by atoms with E-state index in [-0.39, 0.29) is 12.3 Å². The van der Waals surface area contributed by atoms with Crippen LogP contribution in [-0.4, -0.2) is 51.6 Å². The summed E-state index contributed by atoms with van der Waals surface area (Å²) in [6, 6.07) is 6.74. The molecule has 1 aliphatic rings. The number of benzene rings is 1. The second-order valence-electron chi connectivity index (χ2n) is 7.29. The van der Waals surface area contributed by atoms with Crippen molar-refractivity contribution in [3.8, 4) is 0 Å². The monoisotopic (exact) mass is 436 g/mol. The van der Waals surface area contributed by atoms with E-state index in [1.807, 2.05) is 31.2 Å².